The van der Waals surface area contributed by atoms with Crippen molar-refractivity contribution in [3.8, 4) is 11.5 Å². The molecule has 2 aromatic carbocycles. The van der Waals surface area contributed by atoms with Gasteiger partial charge in [-0.25, -0.2) is 9.78 Å². The summed E-state index contributed by atoms with van der Waals surface area (Å²) in [6, 6.07) is 9.17. The van der Waals surface area contributed by atoms with Crippen molar-refractivity contribution >= 4 is 33.2 Å². The number of cyclic esters (lactones) is 1. The Bertz CT molecular complexity index is 1150. The monoisotopic (exact) mass is 380 g/mol. The minimum Gasteiger partial charge on any atom is -0.504 e. The quantitative estimate of drug-likeness (QED) is 0.660. The van der Waals surface area contributed by atoms with Gasteiger partial charge in [-0.1, -0.05) is 6.07 Å². The van der Waals surface area contributed by atoms with Gasteiger partial charge in [-0.3, -0.25) is 0 Å². The van der Waals surface area contributed by atoms with E-state index in [2.05, 4.69) is 10.3 Å². The molecule has 136 valence electrons. The number of rotatable bonds is 2. The third-order valence-corrected chi connectivity index (χ3v) is 6.02. The molecule has 2 aliphatic rings. The Morgan fingerprint density at radius 1 is 1.33 bits per heavy atom. The van der Waals surface area contributed by atoms with E-state index in [1.807, 2.05) is 25.1 Å². The van der Waals surface area contributed by atoms with E-state index in [1.165, 1.54) is 7.11 Å². The molecule has 0 saturated carbocycles. The zero-order chi connectivity index (χ0) is 18.7. The van der Waals surface area contributed by atoms with E-state index in [4.69, 9.17) is 9.47 Å². The highest BCUT2D eigenvalue weighted by Crippen LogP contribution is 2.49. The zero-order valence-electron chi connectivity index (χ0n) is 14.7. The van der Waals surface area contributed by atoms with Crippen LogP contribution in [0.2, 0.25) is 0 Å². The number of aryl methyl sites for hydroxylation is 1. The van der Waals surface area contributed by atoms with Crippen LogP contribution in [0.3, 0.4) is 0 Å². The van der Waals surface area contributed by atoms with Crippen molar-refractivity contribution < 1.29 is 19.4 Å². The Kier molecular flexibility index (Phi) is 3.42. The van der Waals surface area contributed by atoms with Crippen molar-refractivity contribution in [3.05, 3.63) is 57.7 Å². The Hall–Kier alpha value is -3.06. The van der Waals surface area contributed by atoms with Crippen molar-refractivity contribution in [2.24, 2.45) is 0 Å². The van der Waals surface area contributed by atoms with Crippen molar-refractivity contribution in [3.63, 3.8) is 0 Å². The molecule has 27 heavy (non-hydrogen) atoms. The number of benzene rings is 2. The molecule has 1 unspecified atom stereocenters. The molecule has 5 rings (SSSR count). The maximum absolute atomic E-state index is 12.6. The Labute approximate surface area is 159 Å². The number of nitrogens with one attached hydrogen (secondary N) is 1. The lowest BCUT2D eigenvalue weighted by atomic mass is 9.81. The molecule has 0 fully saturated rings. The average molecular weight is 380 g/mol. The Morgan fingerprint density at radius 2 is 2.19 bits per heavy atom. The highest BCUT2D eigenvalue weighted by atomic mass is 32.1. The molecule has 0 radical (unpaired) electrons. The second-order valence-electron chi connectivity index (χ2n) is 6.57. The van der Waals surface area contributed by atoms with Crippen LogP contribution in [0.25, 0.3) is 10.2 Å². The number of carbonyl (C=O) groups excluding carboxylic acids is 1. The number of esters is 1. The maximum atomic E-state index is 12.6. The SMILES string of the molecule is COc1cc(C2C3=C(COC3=O)Nc3ccc4nc(C)sc4c32)ccc1O. The summed E-state index contributed by atoms with van der Waals surface area (Å²) in [7, 11) is 1.51. The number of anilines is 1. The van der Waals surface area contributed by atoms with Gasteiger partial charge in [-0.15, -0.1) is 11.3 Å². The minimum atomic E-state index is -0.321. The van der Waals surface area contributed by atoms with E-state index >= 15 is 0 Å². The van der Waals surface area contributed by atoms with Crippen molar-refractivity contribution in [2.75, 3.05) is 19.0 Å². The van der Waals surface area contributed by atoms with Gasteiger partial charge in [0.1, 0.15) is 6.61 Å². The number of fused-ring (bicyclic) bond motifs is 3. The third kappa shape index (κ3) is 2.31. The summed E-state index contributed by atoms with van der Waals surface area (Å²) >= 11 is 1.61. The molecule has 3 aromatic rings. The number of methoxy groups -OCH3 is 1. The standard InChI is InChI=1S/C20H16N2O4S/c1-9-21-12-5-4-11-17(19(12)27-9)16(18-13(22-11)8-26-20(18)24)10-3-6-14(23)15(7-10)25-2/h3-7,16,22-23H,8H2,1-2H3. The highest BCUT2D eigenvalue weighted by Gasteiger charge is 2.40. The molecule has 1 atom stereocenters. The minimum absolute atomic E-state index is 0.0606. The van der Waals surface area contributed by atoms with E-state index in [9.17, 15) is 9.90 Å². The van der Waals surface area contributed by atoms with E-state index < -0.39 is 0 Å². The van der Waals surface area contributed by atoms with E-state index in [1.54, 1.807) is 23.5 Å². The lowest BCUT2D eigenvalue weighted by Gasteiger charge is -2.27. The summed E-state index contributed by atoms with van der Waals surface area (Å²) < 4.78 is 11.6. The fourth-order valence-corrected chi connectivity index (χ4v) is 4.84. The van der Waals surface area contributed by atoms with Crippen LogP contribution < -0.4 is 10.1 Å². The van der Waals surface area contributed by atoms with Gasteiger partial charge in [-0.2, -0.15) is 0 Å². The van der Waals surface area contributed by atoms with Crippen molar-refractivity contribution in [1.29, 1.82) is 0 Å². The number of carbonyl (C=O) groups is 1. The van der Waals surface area contributed by atoms with E-state index in [0.29, 0.717) is 11.3 Å². The summed E-state index contributed by atoms with van der Waals surface area (Å²) in [4.78, 5) is 17.1. The number of aromatic nitrogens is 1. The molecule has 2 N–H and O–H groups in total. The average Bonchev–Trinajstić information content (AvgIpc) is 3.22. The summed E-state index contributed by atoms with van der Waals surface area (Å²) in [6.07, 6.45) is 0. The number of thiazole rings is 1. The smallest absolute Gasteiger partial charge is 0.337 e. The molecule has 0 amide bonds. The molecule has 0 saturated heterocycles. The van der Waals surface area contributed by atoms with E-state index in [0.717, 1.165) is 37.7 Å². The molecule has 0 bridgehead atoms. The lowest BCUT2D eigenvalue weighted by Crippen LogP contribution is -2.20. The first-order valence-corrected chi connectivity index (χ1v) is 9.32. The van der Waals surface area contributed by atoms with Crippen LogP contribution in [0.4, 0.5) is 5.69 Å². The first-order chi connectivity index (χ1) is 13.1. The number of hydrogen-bond donors (Lipinski definition) is 2. The number of hydrogen-bond acceptors (Lipinski definition) is 7. The Balaban J connectivity index is 1.82. The topological polar surface area (TPSA) is 80.7 Å². The maximum Gasteiger partial charge on any atom is 0.337 e. The van der Waals surface area contributed by atoms with Gasteiger partial charge in [0.15, 0.2) is 11.5 Å². The first kappa shape index (κ1) is 16.1. The van der Waals surface area contributed by atoms with Crippen LogP contribution in [0.5, 0.6) is 11.5 Å². The number of phenols is 1. The third-order valence-electron chi connectivity index (χ3n) is 5.00. The summed E-state index contributed by atoms with van der Waals surface area (Å²) in [5.74, 6) is -0.207. The first-order valence-electron chi connectivity index (χ1n) is 8.51. The van der Waals surface area contributed by atoms with Crippen LogP contribution in [0.1, 0.15) is 22.1 Å². The molecule has 7 heteroatoms. The predicted molar refractivity (Wildman–Crippen MR) is 102 cm³/mol. The lowest BCUT2D eigenvalue weighted by molar-refractivity contribution is -0.136. The van der Waals surface area contributed by atoms with Crippen molar-refractivity contribution in [1.82, 2.24) is 4.98 Å². The van der Waals surface area contributed by atoms with Crippen LogP contribution in [0, 0.1) is 6.92 Å². The number of nitrogens with zero attached hydrogens (tertiary/aromatic N) is 1. The van der Waals surface area contributed by atoms with Crippen LogP contribution in [-0.4, -0.2) is 29.8 Å². The highest BCUT2D eigenvalue weighted by molar-refractivity contribution is 7.18. The van der Waals surface area contributed by atoms with Crippen LogP contribution in [0.15, 0.2) is 41.6 Å². The molecule has 6 nitrogen and oxygen atoms in total. The second-order valence-corrected chi connectivity index (χ2v) is 7.77. The summed E-state index contributed by atoms with van der Waals surface area (Å²) in [5, 5.41) is 14.3. The molecular formula is C20H16N2O4S. The molecule has 0 aliphatic carbocycles. The van der Waals surface area contributed by atoms with Gasteiger partial charge in [0.25, 0.3) is 0 Å². The molecule has 2 aliphatic heterocycles. The molecule has 1 aromatic heterocycles. The van der Waals surface area contributed by atoms with Gasteiger partial charge in [0.05, 0.1) is 33.6 Å². The molecular weight excluding hydrogens is 364 g/mol. The van der Waals surface area contributed by atoms with E-state index in [-0.39, 0.29) is 24.2 Å². The van der Waals surface area contributed by atoms with Crippen LogP contribution in [-0.2, 0) is 9.53 Å². The largest absolute Gasteiger partial charge is 0.504 e. The Morgan fingerprint density at radius 3 is 3.00 bits per heavy atom. The van der Waals surface area contributed by atoms with Gasteiger partial charge < -0.3 is 19.9 Å². The predicted octanol–water partition coefficient (Wildman–Crippen LogP) is 3.69. The van der Waals surface area contributed by atoms with Crippen molar-refractivity contribution in [2.45, 2.75) is 12.8 Å². The summed E-state index contributed by atoms with van der Waals surface area (Å²) in [5.41, 5.74) is 5.10. The number of phenolic OH excluding ortho intramolecular Hbond substituents is 1. The number of ether oxygens (including phenoxy) is 2. The zero-order valence-corrected chi connectivity index (χ0v) is 15.5. The summed E-state index contributed by atoms with van der Waals surface area (Å²) in [6.45, 7) is 2.21. The van der Waals surface area contributed by atoms with Crippen LogP contribution >= 0.6 is 11.3 Å². The molecule has 3 heterocycles. The van der Waals surface area contributed by atoms with Gasteiger partial charge in [-0.05, 0) is 36.8 Å². The van der Waals surface area contributed by atoms with Gasteiger partial charge >= 0.3 is 5.97 Å². The fourth-order valence-electron chi connectivity index (χ4n) is 3.85. The second kappa shape index (κ2) is 5.72. The molecule has 0 spiro atoms. The van der Waals surface area contributed by atoms with Gasteiger partial charge in [0.2, 0.25) is 0 Å². The number of aromatic hydroxyl groups is 1. The van der Waals surface area contributed by atoms with Gasteiger partial charge in [0, 0.05) is 17.2 Å². The normalized spacial score (nSPS) is 18.1. The fraction of sp³-hybridized carbons (Fsp3) is 0.200.